The number of nitrogens with two attached hydrogens (primary N) is 1. The minimum atomic E-state index is -0.622. The Morgan fingerprint density at radius 3 is 2.65 bits per heavy atom. The predicted octanol–water partition coefficient (Wildman–Crippen LogP) is 4.90. The molecule has 10 nitrogen and oxygen atoms in total. The Hall–Kier alpha value is -3.67. The average molecular weight is 637 g/mol. The molecule has 0 aliphatic carbocycles. The highest BCUT2D eigenvalue weighted by Crippen LogP contribution is 2.29. The summed E-state index contributed by atoms with van der Waals surface area (Å²) in [5.41, 5.74) is 9.20. The maximum atomic E-state index is 14.4. The van der Waals surface area contributed by atoms with Gasteiger partial charge in [-0.1, -0.05) is 24.3 Å². The summed E-state index contributed by atoms with van der Waals surface area (Å²) in [4.78, 5) is 35.5. The molecule has 0 saturated heterocycles. The van der Waals surface area contributed by atoms with Gasteiger partial charge in [-0.3, -0.25) is 4.79 Å². The van der Waals surface area contributed by atoms with Crippen LogP contribution in [0.2, 0.25) is 0 Å². The number of pyridine rings is 1. The third kappa shape index (κ3) is 8.46. The number of rotatable bonds is 14. The van der Waals surface area contributed by atoms with Crippen LogP contribution in [0.1, 0.15) is 31.7 Å². The minimum absolute atomic E-state index is 0. The first-order chi connectivity index (χ1) is 20.2. The molecule has 232 valence electrons. The summed E-state index contributed by atoms with van der Waals surface area (Å²) < 4.78 is 32.2. The summed E-state index contributed by atoms with van der Waals surface area (Å²) in [6.45, 7) is 4.59. The summed E-state index contributed by atoms with van der Waals surface area (Å²) in [6.07, 6.45) is 0.847. The smallest absolute Gasteiger partial charge is 0.344 e. The quantitative estimate of drug-likeness (QED) is 0.153. The minimum Gasteiger partial charge on any atom is -0.479 e. The number of methoxy groups -OCH3 is 1. The van der Waals surface area contributed by atoms with E-state index in [4.69, 9.17) is 36.5 Å². The Morgan fingerprint density at radius 1 is 1.16 bits per heavy atom. The highest BCUT2D eigenvalue weighted by atomic mass is 35.5. The van der Waals surface area contributed by atoms with Crippen molar-refractivity contribution < 1.29 is 28.2 Å². The van der Waals surface area contributed by atoms with Gasteiger partial charge < -0.3 is 29.4 Å². The van der Waals surface area contributed by atoms with Crippen LogP contribution in [-0.4, -0.2) is 70.2 Å². The summed E-state index contributed by atoms with van der Waals surface area (Å²) in [5, 5.41) is 0.933. The van der Waals surface area contributed by atoms with Crippen LogP contribution in [0.3, 0.4) is 0 Å². The number of para-hydroxylation sites is 1. The average Bonchev–Trinajstić information content (AvgIpc) is 3.34. The molecule has 0 bridgehead atoms. The van der Waals surface area contributed by atoms with Crippen LogP contribution in [-0.2, 0) is 38.6 Å². The van der Waals surface area contributed by atoms with Crippen LogP contribution >= 0.6 is 24.0 Å². The zero-order chi connectivity index (χ0) is 30.2. The molecule has 0 aliphatic rings. The zero-order valence-corrected chi connectivity index (χ0v) is 25.9. The van der Waals surface area contributed by atoms with Gasteiger partial charge in [0.2, 0.25) is 5.91 Å². The number of nitrogen functional groups attached to an aromatic ring is 1. The van der Waals surface area contributed by atoms with Crippen molar-refractivity contribution in [1.29, 1.82) is 0 Å². The first-order valence-electron chi connectivity index (χ1n) is 13.7. The van der Waals surface area contributed by atoms with E-state index in [1.165, 1.54) is 12.1 Å². The standard InChI is InChI=1S/C30H35ClFN5O5.ClH/c1-19(2)42-27(39)18-41-24-15-20(9-10-22(24)32)17-36(26(38)16-31)12-6-13-37-25(11-14-40-3)35-28-29(37)21-7-4-5-8-23(21)34-30(28)33;/h4-5,7-10,15,19H,6,11-14,16-18H2,1-3H3,(H2,33,34);1H. The van der Waals surface area contributed by atoms with Gasteiger partial charge in [-0.2, -0.15) is 0 Å². The number of esters is 1. The number of carbonyl (C=O) groups excluding carboxylic acids is 2. The fraction of sp³-hybridized carbons (Fsp3) is 0.400. The molecule has 0 spiro atoms. The number of benzene rings is 2. The van der Waals surface area contributed by atoms with Crippen LogP contribution < -0.4 is 10.5 Å². The number of aryl methyl sites for hydroxylation is 1. The van der Waals surface area contributed by atoms with Gasteiger partial charge in [0.15, 0.2) is 24.0 Å². The van der Waals surface area contributed by atoms with Gasteiger partial charge in [-0.05, 0) is 44.0 Å². The van der Waals surface area contributed by atoms with Crippen LogP contribution in [0.15, 0.2) is 42.5 Å². The van der Waals surface area contributed by atoms with E-state index in [1.54, 1.807) is 31.9 Å². The summed E-state index contributed by atoms with van der Waals surface area (Å²) in [5.74, 6) is -0.630. The summed E-state index contributed by atoms with van der Waals surface area (Å²) in [7, 11) is 1.64. The van der Waals surface area contributed by atoms with Gasteiger partial charge >= 0.3 is 5.97 Å². The molecule has 43 heavy (non-hydrogen) atoms. The molecule has 13 heteroatoms. The lowest BCUT2D eigenvalue weighted by atomic mass is 10.1. The monoisotopic (exact) mass is 635 g/mol. The van der Waals surface area contributed by atoms with E-state index in [-0.39, 0.29) is 42.6 Å². The molecule has 2 N–H and O–H groups in total. The Balaban J connectivity index is 0.00000506. The molecule has 0 atom stereocenters. The highest BCUT2D eigenvalue weighted by molar-refractivity contribution is 6.27. The number of nitrogens with zero attached hydrogens (tertiary/aromatic N) is 4. The molecule has 0 aliphatic heterocycles. The molecule has 0 unspecified atom stereocenters. The van der Waals surface area contributed by atoms with Gasteiger partial charge in [0.1, 0.15) is 17.2 Å². The van der Waals surface area contributed by atoms with Crippen LogP contribution in [0.5, 0.6) is 5.75 Å². The van der Waals surface area contributed by atoms with Crippen molar-refractivity contribution in [3.8, 4) is 5.75 Å². The number of aromatic nitrogens is 3. The van der Waals surface area contributed by atoms with Crippen molar-refractivity contribution in [2.45, 2.75) is 45.9 Å². The SMILES string of the molecule is COCCc1nc2c(N)nc3ccccc3c2n1CCCN(Cc1ccc(F)c(OCC(=O)OC(C)C)c1)C(=O)CCl.Cl. The summed E-state index contributed by atoms with van der Waals surface area (Å²) >= 11 is 5.94. The number of imidazole rings is 1. The second kappa shape index (κ2) is 15.7. The Labute approximate surface area is 260 Å². The number of carbonyl (C=O) groups is 2. The van der Waals surface area contributed by atoms with E-state index < -0.39 is 18.4 Å². The third-order valence-electron chi connectivity index (χ3n) is 6.58. The molecule has 0 saturated carbocycles. The molecule has 2 heterocycles. The maximum absolute atomic E-state index is 14.4. The number of fused-ring (bicyclic) bond motifs is 3. The van der Waals surface area contributed by atoms with Crippen LogP contribution in [0.25, 0.3) is 21.9 Å². The molecule has 4 aromatic rings. The maximum Gasteiger partial charge on any atom is 0.344 e. The zero-order valence-electron chi connectivity index (χ0n) is 24.3. The topological polar surface area (TPSA) is 122 Å². The second-order valence-corrected chi connectivity index (χ2v) is 10.3. The van der Waals surface area contributed by atoms with Crippen molar-refractivity contribution in [1.82, 2.24) is 19.4 Å². The first-order valence-corrected chi connectivity index (χ1v) is 14.2. The summed E-state index contributed by atoms with van der Waals surface area (Å²) in [6, 6.07) is 12.0. The van der Waals surface area contributed by atoms with E-state index in [0.29, 0.717) is 49.4 Å². The number of hydrogen-bond acceptors (Lipinski definition) is 8. The molecular weight excluding hydrogens is 600 g/mol. The van der Waals surface area contributed by atoms with Crippen molar-refractivity contribution in [3.63, 3.8) is 0 Å². The molecule has 2 aromatic carbocycles. The van der Waals surface area contributed by atoms with Gasteiger partial charge in [0.25, 0.3) is 0 Å². The van der Waals surface area contributed by atoms with Crippen molar-refractivity contribution in [3.05, 3.63) is 59.7 Å². The number of amides is 1. The molecule has 2 aromatic heterocycles. The van der Waals surface area contributed by atoms with Gasteiger partial charge in [-0.15, -0.1) is 24.0 Å². The van der Waals surface area contributed by atoms with Gasteiger partial charge in [0, 0.05) is 38.6 Å². The molecule has 1 amide bonds. The van der Waals surface area contributed by atoms with Crippen LogP contribution in [0.4, 0.5) is 10.2 Å². The Kier molecular flexibility index (Phi) is 12.4. The predicted molar refractivity (Wildman–Crippen MR) is 166 cm³/mol. The van der Waals surface area contributed by atoms with E-state index in [2.05, 4.69) is 9.55 Å². The fourth-order valence-electron chi connectivity index (χ4n) is 4.74. The lowest BCUT2D eigenvalue weighted by Gasteiger charge is -2.23. The van der Waals surface area contributed by atoms with Crippen molar-refractivity contribution in [2.75, 3.05) is 38.5 Å². The molecule has 0 radical (unpaired) electrons. The number of hydrogen-bond donors (Lipinski definition) is 1. The van der Waals surface area contributed by atoms with Crippen LogP contribution in [0, 0.1) is 5.82 Å². The lowest BCUT2D eigenvalue weighted by Crippen LogP contribution is -2.33. The number of halogens is 3. The molecule has 4 rings (SSSR count). The largest absolute Gasteiger partial charge is 0.479 e. The van der Waals surface area contributed by atoms with E-state index in [1.807, 2.05) is 24.3 Å². The normalized spacial score (nSPS) is 11.1. The van der Waals surface area contributed by atoms with E-state index in [0.717, 1.165) is 22.2 Å². The van der Waals surface area contributed by atoms with Crippen molar-refractivity contribution in [2.24, 2.45) is 0 Å². The number of ether oxygens (including phenoxy) is 3. The second-order valence-electron chi connectivity index (χ2n) is 10.0. The third-order valence-corrected chi connectivity index (χ3v) is 6.81. The number of alkyl halides is 1. The van der Waals surface area contributed by atoms with Gasteiger partial charge in [0.05, 0.1) is 23.7 Å². The Bertz CT molecular complexity index is 1570. The highest BCUT2D eigenvalue weighted by Gasteiger charge is 2.19. The van der Waals surface area contributed by atoms with Gasteiger partial charge in [-0.25, -0.2) is 19.2 Å². The van der Waals surface area contributed by atoms with E-state index >= 15 is 0 Å². The molecular formula is C30H36Cl2FN5O5. The molecule has 0 fully saturated rings. The fourth-order valence-corrected chi connectivity index (χ4v) is 4.91. The lowest BCUT2D eigenvalue weighted by molar-refractivity contribution is -0.149. The Morgan fingerprint density at radius 2 is 1.93 bits per heavy atom. The van der Waals surface area contributed by atoms with E-state index in [9.17, 15) is 14.0 Å². The first kappa shape index (κ1) is 33.8. The van der Waals surface area contributed by atoms with Crippen molar-refractivity contribution >= 4 is 63.6 Å². The number of anilines is 1.